The van der Waals surface area contributed by atoms with Gasteiger partial charge in [0.25, 0.3) is 5.91 Å². The number of nitrogens with one attached hydrogen (secondary N) is 3. The molecule has 3 aromatic rings. The van der Waals surface area contributed by atoms with E-state index < -0.39 is 11.6 Å². The molecule has 24 heavy (non-hydrogen) atoms. The lowest BCUT2D eigenvalue weighted by molar-refractivity contribution is 0.0926. The third-order valence-electron chi connectivity index (χ3n) is 3.58. The number of carbonyl (C=O) groups excluding carboxylic acids is 1. The van der Waals surface area contributed by atoms with Crippen LogP contribution in [0.1, 0.15) is 27.8 Å². The van der Waals surface area contributed by atoms with Gasteiger partial charge in [0, 0.05) is 0 Å². The van der Waals surface area contributed by atoms with Gasteiger partial charge in [-0.15, -0.1) is 5.10 Å². The lowest BCUT2D eigenvalue weighted by Crippen LogP contribution is -2.31. The average molecular weight is 326 g/mol. The standard InChI is InChI=1S/C17H15FN4O2/c18-13-8-6-11(7-9-13)10-14(12-4-2-1-3-5-12)19-16(23)15-20-17(24)22-21-15/h1-9,14H,10H2,(H,19,23)(H2,20,21,22,24)/t14-/m1/s1. The van der Waals surface area contributed by atoms with Crippen molar-refractivity contribution >= 4 is 5.91 Å². The summed E-state index contributed by atoms with van der Waals surface area (Å²) in [5.74, 6) is -0.891. The number of rotatable bonds is 5. The van der Waals surface area contributed by atoms with Crippen molar-refractivity contribution in [2.75, 3.05) is 0 Å². The van der Waals surface area contributed by atoms with Gasteiger partial charge in [0.2, 0.25) is 5.82 Å². The second-order valence-corrected chi connectivity index (χ2v) is 5.29. The lowest BCUT2D eigenvalue weighted by Gasteiger charge is -2.19. The van der Waals surface area contributed by atoms with Crippen molar-refractivity contribution in [1.29, 1.82) is 0 Å². The van der Waals surface area contributed by atoms with Gasteiger partial charge in [-0.1, -0.05) is 42.5 Å². The van der Waals surface area contributed by atoms with E-state index in [0.29, 0.717) is 6.42 Å². The first-order valence-electron chi connectivity index (χ1n) is 7.37. The Hall–Kier alpha value is -3.22. The fraction of sp³-hybridized carbons (Fsp3) is 0.118. The number of aromatic nitrogens is 3. The molecular weight excluding hydrogens is 311 g/mol. The summed E-state index contributed by atoms with van der Waals surface area (Å²) in [6, 6.07) is 15.2. The molecule has 1 atom stereocenters. The number of H-pyrrole nitrogens is 2. The molecule has 122 valence electrons. The minimum Gasteiger partial charge on any atom is -0.342 e. The van der Waals surface area contributed by atoms with Gasteiger partial charge in [-0.25, -0.2) is 14.3 Å². The van der Waals surface area contributed by atoms with Gasteiger partial charge in [0.1, 0.15) is 5.82 Å². The van der Waals surface area contributed by atoms with Crippen LogP contribution in [0.5, 0.6) is 0 Å². The highest BCUT2D eigenvalue weighted by Crippen LogP contribution is 2.19. The lowest BCUT2D eigenvalue weighted by atomic mass is 9.99. The van der Waals surface area contributed by atoms with Crippen molar-refractivity contribution in [3.05, 3.63) is 87.9 Å². The molecule has 3 rings (SSSR count). The molecule has 1 aromatic heterocycles. The van der Waals surface area contributed by atoms with E-state index in [0.717, 1.165) is 11.1 Å². The molecule has 0 radical (unpaired) electrons. The van der Waals surface area contributed by atoms with Crippen LogP contribution in [0.4, 0.5) is 4.39 Å². The van der Waals surface area contributed by atoms with Gasteiger partial charge in [-0.3, -0.25) is 9.78 Å². The average Bonchev–Trinajstić information content (AvgIpc) is 3.03. The zero-order valence-electron chi connectivity index (χ0n) is 12.6. The molecule has 0 aliphatic heterocycles. The summed E-state index contributed by atoms with van der Waals surface area (Å²) in [5.41, 5.74) is 1.23. The molecule has 3 N–H and O–H groups in total. The molecular formula is C17H15FN4O2. The molecule has 1 heterocycles. The number of amides is 1. The first-order chi connectivity index (χ1) is 11.6. The molecule has 7 heteroatoms. The largest absolute Gasteiger partial charge is 0.342 e. The molecule has 0 saturated carbocycles. The second kappa shape index (κ2) is 6.91. The fourth-order valence-corrected chi connectivity index (χ4v) is 2.40. The topological polar surface area (TPSA) is 90.6 Å². The summed E-state index contributed by atoms with van der Waals surface area (Å²) in [6.07, 6.45) is 0.477. The van der Waals surface area contributed by atoms with E-state index >= 15 is 0 Å². The summed E-state index contributed by atoms with van der Waals surface area (Å²) in [6.45, 7) is 0. The highest BCUT2D eigenvalue weighted by atomic mass is 19.1. The number of nitrogens with zero attached hydrogens (tertiary/aromatic N) is 1. The SMILES string of the molecule is O=C(N[C@H](Cc1ccc(F)cc1)c1ccccc1)c1n[nH]c(=O)[nH]1. The number of halogens is 1. The predicted octanol–water partition coefficient (Wildman–Crippen LogP) is 1.95. The summed E-state index contributed by atoms with van der Waals surface area (Å²) in [5, 5.41) is 8.62. The third-order valence-corrected chi connectivity index (χ3v) is 3.58. The predicted molar refractivity (Wildman–Crippen MR) is 86.0 cm³/mol. The number of carbonyl (C=O) groups is 1. The summed E-state index contributed by atoms with van der Waals surface area (Å²) < 4.78 is 13.1. The van der Waals surface area contributed by atoms with Crippen LogP contribution in [-0.2, 0) is 6.42 Å². The van der Waals surface area contributed by atoms with Crippen LogP contribution in [0.3, 0.4) is 0 Å². The highest BCUT2D eigenvalue weighted by molar-refractivity contribution is 5.90. The molecule has 0 aliphatic rings. The summed E-state index contributed by atoms with van der Waals surface area (Å²) in [7, 11) is 0. The highest BCUT2D eigenvalue weighted by Gasteiger charge is 2.18. The maximum atomic E-state index is 13.1. The van der Waals surface area contributed by atoms with Crippen molar-refractivity contribution in [2.24, 2.45) is 0 Å². The van der Waals surface area contributed by atoms with Gasteiger partial charge in [0.05, 0.1) is 6.04 Å². The van der Waals surface area contributed by atoms with Crippen LogP contribution < -0.4 is 11.0 Å². The van der Waals surface area contributed by atoms with Gasteiger partial charge in [-0.2, -0.15) is 0 Å². The molecule has 0 fully saturated rings. The van der Waals surface area contributed by atoms with Gasteiger partial charge < -0.3 is 5.32 Å². The van der Waals surface area contributed by atoms with Crippen LogP contribution in [-0.4, -0.2) is 21.1 Å². The first-order valence-corrected chi connectivity index (χ1v) is 7.37. The minimum atomic E-state index is -0.546. The Labute approximate surface area is 136 Å². The van der Waals surface area contributed by atoms with Crippen molar-refractivity contribution in [1.82, 2.24) is 20.5 Å². The zero-order valence-corrected chi connectivity index (χ0v) is 12.6. The van der Waals surface area contributed by atoms with E-state index in [1.165, 1.54) is 12.1 Å². The molecule has 6 nitrogen and oxygen atoms in total. The minimum absolute atomic E-state index is 0.0833. The van der Waals surface area contributed by atoms with E-state index in [4.69, 9.17) is 0 Å². The molecule has 0 spiro atoms. The molecule has 2 aromatic carbocycles. The van der Waals surface area contributed by atoms with Crippen molar-refractivity contribution in [2.45, 2.75) is 12.5 Å². The van der Waals surface area contributed by atoms with Gasteiger partial charge in [0.15, 0.2) is 0 Å². The number of benzene rings is 2. The van der Waals surface area contributed by atoms with Crippen molar-refractivity contribution in [3.63, 3.8) is 0 Å². The summed E-state index contributed by atoms with van der Waals surface area (Å²) >= 11 is 0. The Morgan fingerprint density at radius 1 is 1.12 bits per heavy atom. The normalized spacial score (nSPS) is 11.9. The van der Waals surface area contributed by atoms with Crippen LogP contribution in [0.25, 0.3) is 0 Å². The Morgan fingerprint density at radius 2 is 1.83 bits per heavy atom. The van der Waals surface area contributed by atoms with E-state index in [9.17, 15) is 14.0 Å². The zero-order chi connectivity index (χ0) is 16.9. The van der Waals surface area contributed by atoms with E-state index in [2.05, 4.69) is 20.5 Å². The summed E-state index contributed by atoms with van der Waals surface area (Å²) in [4.78, 5) is 25.7. The quantitative estimate of drug-likeness (QED) is 0.669. The van der Waals surface area contributed by atoms with Crippen LogP contribution in [0, 0.1) is 5.82 Å². The first kappa shape index (κ1) is 15.7. The third kappa shape index (κ3) is 3.75. The molecule has 0 unspecified atom stereocenters. The molecule has 0 saturated heterocycles. The Balaban J connectivity index is 1.83. The van der Waals surface area contributed by atoms with Gasteiger partial charge in [-0.05, 0) is 29.7 Å². The van der Waals surface area contributed by atoms with Crippen molar-refractivity contribution < 1.29 is 9.18 Å². The maximum absolute atomic E-state index is 13.1. The van der Waals surface area contributed by atoms with E-state index in [-0.39, 0.29) is 17.7 Å². The van der Waals surface area contributed by atoms with Crippen LogP contribution in [0.2, 0.25) is 0 Å². The Bertz CT molecular complexity index is 871. The number of hydrogen-bond acceptors (Lipinski definition) is 3. The molecule has 1 amide bonds. The Kier molecular flexibility index (Phi) is 4.51. The molecule has 0 aliphatic carbocycles. The van der Waals surface area contributed by atoms with Gasteiger partial charge >= 0.3 is 5.69 Å². The van der Waals surface area contributed by atoms with E-state index in [1.807, 2.05) is 30.3 Å². The monoisotopic (exact) mass is 326 g/mol. The second-order valence-electron chi connectivity index (χ2n) is 5.29. The smallest absolute Gasteiger partial charge is 0.341 e. The van der Waals surface area contributed by atoms with Crippen molar-refractivity contribution in [3.8, 4) is 0 Å². The molecule has 0 bridgehead atoms. The fourth-order valence-electron chi connectivity index (χ4n) is 2.40. The van der Waals surface area contributed by atoms with E-state index in [1.54, 1.807) is 12.1 Å². The van der Waals surface area contributed by atoms with Crippen LogP contribution in [0.15, 0.2) is 59.4 Å². The Morgan fingerprint density at radius 3 is 2.46 bits per heavy atom. The number of aromatic amines is 2. The number of hydrogen-bond donors (Lipinski definition) is 3. The van der Waals surface area contributed by atoms with Crippen LogP contribution >= 0.6 is 0 Å². The maximum Gasteiger partial charge on any atom is 0.341 e.